The Kier molecular flexibility index (Phi) is 7.99. The van der Waals surface area contributed by atoms with Crippen molar-refractivity contribution in [2.75, 3.05) is 33.4 Å². The van der Waals surface area contributed by atoms with E-state index in [0.717, 1.165) is 13.0 Å². The maximum absolute atomic E-state index is 14.8. The molecule has 36 heavy (non-hydrogen) atoms. The van der Waals surface area contributed by atoms with Gasteiger partial charge in [-0.3, -0.25) is 9.59 Å². The fourth-order valence-corrected chi connectivity index (χ4v) is 4.64. The van der Waals surface area contributed by atoms with E-state index in [1.165, 1.54) is 18.2 Å². The molecule has 0 saturated carbocycles. The zero-order valence-corrected chi connectivity index (χ0v) is 21.8. The smallest absolute Gasteiger partial charge is 0.272 e. The van der Waals surface area contributed by atoms with Crippen LogP contribution in [0, 0.1) is 11.2 Å². The highest BCUT2D eigenvalue weighted by Gasteiger charge is 2.36. The first kappa shape index (κ1) is 26.5. The Labute approximate surface area is 215 Å². The van der Waals surface area contributed by atoms with E-state index < -0.39 is 29.5 Å². The van der Waals surface area contributed by atoms with Crippen molar-refractivity contribution in [3.63, 3.8) is 0 Å². The van der Waals surface area contributed by atoms with E-state index in [1.54, 1.807) is 0 Å². The Balaban J connectivity index is 1.65. The number of ether oxygens (including phenoxy) is 2. The molecule has 2 aromatic rings. The van der Waals surface area contributed by atoms with Gasteiger partial charge in [-0.1, -0.05) is 32.4 Å². The third-order valence-corrected chi connectivity index (χ3v) is 6.57. The molecule has 4 rings (SSSR count). The average molecular weight is 522 g/mol. The second-order valence-corrected chi connectivity index (χ2v) is 10.7. The van der Waals surface area contributed by atoms with Gasteiger partial charge in [0.1, 0.15) is 17.7 Å². The molecule has 1 unspecified atom stereocenters. The maximum Gasteiger partial charge on any atom is 0.272 e. The molecule has 1 aromatic carbocycles. The van der Waals surface area contributed by atoms with Crippen LogP contribution >= 0.6 is 11.6 Å². The molecule has 0 spiro atoms. The van der Waals surface area contributed by atoms with Gasteiger partial charge in [0.15, 0.2) is 12.0 Å². The molecular formula is C25H33ClFN5O4. The van der Waals surface area contributed by atoms with Crippen molar-refractivity contribution in [3.05, 3.63) is 40.4 Å². The number of rotatable bonds is 6. The van der Waals surface area contributed by atoms with Gasteiger partial charge in [-0.25, -0.2) is 9.37 Å². The fourth-order valence-electron chi connectivity index (χ4n) is 4.46. The standard InChI is InChI=1S/C25H33ClFN5O4/c1-25(2,3)21(24(34)28-13-19-35-10-11-36-19)30-23(33)20-18-14-31(4)8-5-9-32(18)22(29-20)16-12-15(26)6-7-17(16)27/h6-7,12,19,21H,5,8-11,13-14H2,1-4H3,(H,28,34)(H,30,33). The number of aromatic nitrogens is 2. The molecule has 3 heterocycles. The number of nitrogens with one attached hydrogen (secondary N) is 2. The first-order chi connectivity index (χ1) is 17.0. The highest BCUT2D eigenvalue weighted by Crippen LogP contribution is 2.30. The summed E-state index contributed by atoms with van der Waals surface area (Å²) in [6.45, 7) is 8.61. The fraction of sp³-hybridized carbons (Fsp3) is 0.560. The summed E-state index contributed by atoms with van der Waals surface area (Å²) in [5.74, 6) is -0.970. The zero-order chi connectivity index (χ0) is 26.0. The summed E-state index contributed by atoms with van der Waals surface area (Å²) >= 11 is 6.15. The molecule has 2 N–H and O–H groups in total. The molecule has 9 nitrogen and oxygen atoms in total. The van der Waals surface area contributed by atoms with Gasteiger partial charge in [0.25, 0.3) is 5.91 Å². The number of carbonyl (C=O) groups excluding carboxylic acids is 2. The summed E-state index contributed by atoms with van der Waals surface area (Å²) in [4.78, 5) is 33.4. The summed E-state index contributed by atoms with van der Waals surface area (Å²) in [7, 11) is 1.96. The number of imidazole rings is 1. The summed E-state index contributed by atoms with van der Waals surface area (Å²) in [6, 6.07) is 3.43. The molecule has 0 aliphatic carbocycles. The topological polar surface area (TPSA) is 97.7 Å². The van der Waals surface area contributed by atoms with Crippen molar-refractivity contribution in [2.45, 2.75) is 52.6 Å². The highest BCUT2D eigenvalue weighted by atomic mass is 35.5. The molecule has 0 bridgehead atoms. The molecule has 1 atom stereocenters. The van der Waals surface area contributed by atoms with Gasteiger partial charge >= 0.3 is 0 Å². The monoisotopic (exact) mass is 521 g/mol. The number of hydrogen-bond acceptors (Lipinski definition) is 6. The summed E-state index contributed by atoms with van der Waals surface area (Å²) in [6.07, 6.45) is 0.314. The van der Waals surface area contributed by atoms with Crippen LogP contribution in [0.2, 0.25) is 5.02 Å². The number of halogens is 2. The highest BCUT2D eigenvalue weighted by molar-refractivity contribution is 6.30. The van der Waals surface area contributed by atoms with Crippen LogP contribution in [0.5, 0.6) is 0 Å². The molecular weight excluding hydrogens is 489 g/mol. The molecule has 196 valence electrons. The number of nitrogens with zero attached hydrogens (tertiary/aromatic N) is 3. The van der Waals surface area contributed by atoms with E-state index in [9.17, 15) is 14.0 Å². The van der Waals surface area contributed by atoms with E-state index in [-0.39, 0.29) is 23.7 Å². The second-order valence-electron chi connectivity index (χ2n) is 10.3. The Hall–Kier alpha value is -2.53. The molecule has 0 radical (unpaired) electrons. The van der Waals surface area contributed by atoms with Crippen LogP contribution in [0.4, 0.5) is 4.39 Å². The van der Waals surface area contributed by atoms with E-state index in [1.807, 2.05) is 32.4 Å². The number of carbonyl (C=O) groups is 2. The molecule has 11 heteroatoms. The van der Waals surface area contributed by atoms with Gasteiger partial charge in [-0.2, -0.15) is 0 Å². The lowest BCUT2D eigenvalue weighted by Crippen LogP contribution is -2.54. The molecule has 2 amide bonds. The van der Waals surface area contributed by atoms with Crippen molar-refractivity contribution < 1.29 is 23.5 Å². The van der Waals surface area contributed by atoms with Crippen LogP contribution < -0.4 is 10.6 Å². The lowest BCUT2D eigenvalue weighted by molar-refractivity contribution is -0.127. The minimum atomic E-state index is -0.849. The largest absolute Gasteiger partial charge is 0.349 e. The van der Waals surface area contributed by atoms with Gasteiger partial charge in [-0.05, 0) is 43.6 Å². The van der Waals surface area contributed by atoms with E-state index in [2.05, 4.69) is 20.5 Å². The SMILES string of the molecule is CN1CCCn2c(-c3cc(Cl)ccc3F)nc(C(=O)NC(C(=O)NCC3OCCO3)C(C)(C)C)c2C1. The van der Waals surface area contributed by atoms with Gasteiger partial charge in [0, 0.05) is 18.1 Å². The third kappa shape index (κ3) is 5.88. The van der Waals surface area contributed by atoms with Crippen molar-refractivity contribution in [2.24, 2.45) is 5.41 Å². The van der Waals surface area contributed by atoms with Crippen LogP contribution in [0.15, 0.2) is 18.2 Å². The first-order valence-corrected chi connectivity index (χ1v) is 12.5. The Bertz CT molecular complexity index is 1130. The van der Waals surface area contributed by atoms with Crippen molar-refractivity contribution in [1.29, 1.82) is 0 Å². The van der Waals surface area contributed by atoms with E-state index in [0.29, 0.717) is 42.8 Å². The number of benzene rings is 1. The summed E-state index contributed by atoms with van der Waals surface area (Å²) < 4.78 is 27.5. The summed E-state index contributed by atoms with van der Waals surface area (Å²) in [5.41, 5.74) is 0.478. The second kappa shape index (κ2) is 10.8. The Morgan fingerprint density at radius 2 is 1.97 bits per heavy atom. The minimum Gasteiger partial charge on any atom is -0.349 e. The molecule has 1 saturated heterocycles. The minimum absolute atomic E-state index is 0.169. The summed E-state index contributed by atoms with van der Waals surface area (Å²) in [5, 5.41) is 6.06. The number of fused-ring (bicyclic) bond motifs is 1. The predicted octanol–water partition coefficient (Wildman–Crippen LogP) is 2.81. The normalized spacial score (nSPS) is 17.9. The van der Waals surface area contributed by atoms with Gasteiger partial charge in [0.2, 0.25) is 5.91 Å². The van der Waals surface area contributed by atoms with Crippen LogP contribution in [-0.4, -0.2) is 71.9 Å². The van der Waals surface area contributed by atoms with E-state index >= 15 is 0 Å². The van der Waals surface area contributed by atoms with Crippen LogP contribution in [-0.2, 0) is 27.4 Å². The molecule has 1 aromatic heterocycles. The lowest BCUT2D eigenvalue weighted by Gasteiger charge is -2.30. The van der Waals surface area contributed by atoms with Gasteiger partial charge in [0.05, 0.1) is 31.0 Å². The number of hydrogen-bond donors (Lipinski definition) is 2. The average Bonchev–Trinajstić information content (AvgIpc) is 3.41. The van der Waals surface area contributed by atoms with Crippen LogP contribution in [0.1, 0.15) is 43.4 Å². The predicted molar refractivity (Wildman–Crippen MR) is 133 cm³/mol. The maximum atomic E-state index is 14.8. The van der Waals surface area contributed by atoms with Crippen LogP contribution in [0.3, 0.4) is 0 Å². The lowest BCUT2D eigenvalue weighted by atomic mass is 9.86. The molecule has 2 aliphatic heterocycles. The third-order valence-electron chi connectivity index (χ3n) is 6.34. The van der Waals surface area contributed by atoms with Gasteiger partial charge < -0.3 is 29.6 Å². The molecule has 1 fully saturated rings. The first-order valence-electron chi connectivity index (χ1n) is 12.1. The Morgan fingerprint density at radius 1 is 1.25 bits per heavy atom. The number of amides is 2. The van der Waals surface area contributed by atoms with Crippen molar-refractivity contribution in [3.8, 4) is 11.4 Å². The molecule has 2 aliphatic rings. The zero-order valence-electron chi connectivity index (χ0n) is 21.1. The van der Waals surface area contributed by atoms with Crippen LogP contribution in [0.25, 0.3) is 11.4 Å². The quantitative estimate of drug-likeness (QED) is 0.606. The van der Waals surface area contributed by atoms with E-state index in [4.69, 9.17) is 21.1 Å². The van der Waals surface area contributed by atoms with Gasteiger partial charge in [-0.15, -0.1) is 0 Å². The van der Waals surface area contributed by atoms with Crippen molar-refractivity contribution >= 4 is 23.4 Å². The Morgan fingerprint density at radius 3 is 2.67 bits per heavy atom. The van der Waals surface area contributed by atoms with Crippen molar-refractivity contribution in [1.82, 2.24) is 25.1 Å².